The van der Waals surface area contributed by atoms with Gasteiger partial charge in [-0.05, 0) is 53.9 Å². The topological polar surface area (TPSA) is 129 Å². The third kappa shape index (κ3) is 4.17. The van der Waals surface area contributed by atoms with E-state index < -0.39 is 11.9 Å². The summed E-state index contributed by atoms with van der Waals surface area (Å²) in [5.74, 6) is -3.65. The van der Waals surface area contributed by atoms with Gasteiger partial charge in [-0.25, -0.2) is 9.59 Å². The zero-order chi connectivity index (χ0) is 17.5. The molecule has 0 spiro atoms. The van der Waals surface area contributed by atoms with Crippen molar-refractivity contribution in [2.24, 2.45) is 5.73 Å². The maximum Gasteiger partial charge on any atom is 0.414 e. The Bertz CT molecular complexity index is 831. The van der Waals surface area contributed by atoms with Gasteiger partial charge in [0.15, 0.2) is 0 Å². The molecule has 0 saturated heterocycles. The summed E-state index contributed by atoms with van der Waals surface area (Å²) in [6.45, 7) is 0.673. The molecule has 0 fully saturated rings. The molecule has 2 heterocycles. The molecule has 7 heteroatoms. The van der Waals surface area contributed by atoms with Crippen molar-refractivity contribution >= 4 is 22.8 Å². The first-order valence-electron chi connectivity index (χ1n) is 7.19. The number of aromatic nitrogens is 2. The minimum Gasteiger partial charge on any atom is -0.473 e. The third-order valence-corrected chi connectivity index (χ3v) is 3.38. The molecule has 2 aromatic heterocycles. The summed E-state index contributed by atoms with van der Waals surface area (Å²) in [4.78, 5) is 25.5. The van der Waals surface area contributed by atoms with Crippen molar-refractivity contribution in [1.82, 2.24) is 9.97 Å². The Morgan fingerprint density at radius 2 is 1.71 bits per heavy atom. The molecule has 5 N–H and O–H groups in total. The van der Waals surface area contributed by atoms with E-state index in [-0.39, 0.29) is 0 Å². The third-order valence-electron chi connectivity index (χ3n) is 3.38. The second-order valence-electron chi connectivity index (χ2n) is 4.96. The van der Waals surface area contributed by atoms with E-state index in [1.54, 1.807) is 0 Å². The number of rotatable bonds is 3. The molecule has 24 heavy (non-hydrogen) atoms. The zero-order valence-corrected chi connectivity index (χ0v) is 12.8. The van der Waals surface area contributed by atoms with Gasteiger partial charge in [0.05, 0.1) is 0 Å². The van der Waals surface area contributed by atoms with Crippen LogP contribution in [0.25, 0.3) is 22.0 Å². The monoisotopic (exact) mass is 327 g/mol. The van der Waals surface area contributed by atoms with E-state index in [1.165, 1.54) is 22.1 Å². The first kappa shape index (κ1) is 17.2. The molecule has 3 rings (SSSR count). The summed E-state index contributed by atoms with van der Waals surface area (Å²) in [6, 6.07) is 10.5. The van der Waals surface area contributed by atoms with Crippen molar-refractivity contribution in [2.75, 3.05) is 6.54 Å². The lowest BCUT2D eigenvalue weighted by molar-refractivity contribution is -0.159. The highest BCUT2D eigenvalue weighted by Gasteiger charge is 2.05. The fourth-order valence-electron chi connectivity index (χ4n) is 2.26. The summed E-state index contributed by atoms with van der Waals surface area (Å²) in [5.41, 5.74) is 10.5. The van der Waals surface area contributed by atoms with Gasteiger partial charge < -0.3 is 20.9 Å². The van der Waals surface area contributed by atoms with Crippen molar-refractivity contribution in [2.45, 2.75) is 6.42 Å². The second kappa shape index (κ2) is 7.89. The van der Waals surface area contributed by atoms with Gasteiger partial charge in [-0.2, -0.15) is 0 Å². The van der Waals surface area contributed by atoms with Crippen molar-refractivity contribution in [3.05, 3.63) is 54.5 Å². The predicted molar refractivity (Wildman–Crippen MR) is 89.6 cm³/mol. The van der Waals surface area contributed by atoms with Gasteiger partial charge in [0, 0.05) is 29.5 Å². The Morgan fingerprint density at radius 1 is 1.04 bits per heavy atom. The molecule has 0 bridgehead atoms. The first-order chi connectivity index (χ1) is 11.5. The number of aliphatic carboxylic acids is 2. The van der Waals surface area contributed by atoms with E-state index in [2.05, 4.69) is 28.2 Å². The van der Waals surface area contributed by atoms with Gasteiger partial charge in [0.25, 0.3) is 0 Å². The van der Waals surface area contributed by atoms with E-state index in [9.17, 15) is 0 Å². The van der Waals surface area contributed by atoms with E-state index in [0.717, 1.165) is 11.9 Å². The Morgan fingerprint density at radius 3 is 2.29 bits per heavy atom. The van der Waals surface area contributed by atoms with Gasteiger partial charge in [0.1, 0.15) is 0 Å². The first-order valence-corrected chi connectivity index (χ1v) is 7.19. The van der Waals surface area contributed by atoms with Crippen LogP contribution in [-0.2, 0) is 16.0 Å². The number of nitrogens with two attached hydrogens (primary N) is 1. The summed E-state index contributed by atoms with van der Waals surface area (Å²) in [5, 5.41) is 16.0. The number of carboxylic acids is 2. The van der Waals surface area contributed by atoms with Crippen LogP contribution in [0.5, 0.6) is 0 Å². The quantitative estimate of drug-likeness (QED) is 0.544. The van der Waals surface area contributed by atoms with Crippen LogP contribution >= 0.6 is 0 Å². The lowest BCUT2D eigenvalue weighted by Gasteiger charge is -2.02. The fourth-order valence-corrected chi connectivity index (χ4v) is 2.26. The SMILES string of the molecule is NCCc1c[nH]c2ccc(-c3ccncc3)cc12.O=C(O)C(=O)O. The van der Waals surface area contributed by atoms with Crippen molar-refractivity contribution in [3.63, 3.8) is 0 Å². The minimum atomic E-state index is -1.82. The van der Waals surface area contributed by atoms with Crippen LogP contribution in [0.1, 0.15) is 5.56 Å². The van der Waals surface area contributed by atoms with Crippen LogP contribution in [0.15, 0.2) is 48.9 Å². The second-order valence-corrected chi connectivity index (χ2v) is 4.96. The Labute approximate surface area is 137 Å². The number of fused-ring (bicyclic) bond motifs is 1. The predicted octanol–water partition coefficient (Wildman–Crippen LogP) is 1.89. The van der Waals surface area contributed by atoms with E-state index in [1.807, 2.05) is 30.7 Å². The van der Waals surface area contributed by atoms with E-state index in [0.29, 0.717) is 6.54 Å². The molecule has 0 aliphatic carbocycles. The summed E-state index contributed by atoms with van der Waals surface area (Å²) >= 11 is 0. The Balaban J connectivity index is 0.000000301. The Hall–Kier alpha value is -3.19. The van der Waals surface area contributed by atoms with Crippen LogP contribution in [0, 0.1) is 0 Å². The average molecular weight is 327 g/mol. The fraction of sp³-hybridized carbons (Fsp3) is 0.118. The number of nitrogens with one attached hydrogen (secondary N) is 1. The molecule has 0 aliphatic rings. The molecule has 0 amide bonds. The molecule has 1 aromatic carbocycles. The molecule has 0 radical (unpaired) electrons. The largest absolute Gasteiger partial charge is 0.473 e. The maximum atomic E-state index is 9.10. The molecule has 0 atom stereocenters. The van der Waals surface area contributed by atoms with Crippen LogP contribution < -0.4 is 5.73 Å². The molecule has 7 nitrogen and oxygen atoms in total. The smallest absolute Gasteiger partial charge is 0.414 e. The average Bonchev–Trinajstić information content (AvgIpc) is 2.99. The summed E-state index contributed by atoms with van der Waals surface area (Å²) in [7, 11) is 0. The van der Waals surface area contributed by atoms with Gasteiger partial charge >= 0.3 is 11.9 Å². The highest BCUT2D eigenvalue weighted by atomic mass is 16.4. The number of benzene rings is 1. The minimum absolute atomic E-state index is 0.673. The molecule has 0 unspecified atom stereocenters. The van der Waals surface area contributed by atoms with Crippen LogP contribution in [0.4, 0.5) is 0 Å². The molecular weight excluding hydrogens is 310 g/mol. The number of aromatic amines is 1. The lowest BCUT2D eigenvalue weighted by Crippen LogP contribution is -2.09. The lowest BCUT2D eigenvalue weighted by atomic mass is 10.0. The summed E-state index contributed by atoms with van der Waals surface area (Å²) in [6.07, 6.45) is 6.59. The van der Waals surface area contributed by atoms with Gasteiger partial charge in [-0.1, -0.05) is 6.07 Å². The van der Waals surface area contributed by atoms with E-state index >= 15 is 0 Å². The molecule has 3 aromatic rings. The number of carbonyl (C=O) groups is 2. The van der Waals surface area contributed by atoms with E-state index in [4.69, 9.17) is 25.5 Å². The number of hydrogen-bond donors (Lipinski definition) is 4. The number of H-pyrrole nitrogens is 1. The standard InChI is InChI=1S/C15H15N3.C2H2O4/c16-6-3-13-10-18-15-2-1-12(9-14(13)15)11-4-7-17-8-5-11;3-1(4)2(5)6/h1-2,4-5,7-10,18H,3,6,16H2;(H,3,4)(H,5,6). The molecule has 0 saturated carbocycles. The summed E-state index contributed by atoms with van der Waals surface area (Å²) < 4.78 is 0. The van der Waals surface area contributed by atoms with Crippen LogP contribution in [-0.4, -0.2) is 38.7 Å². The number of carboxylic acid groups (broad SMARTS) is 2. The van der Waals surface area contributed by atoms with Gasteiger partial charge in [0.2, 0.25) is 0 Å². The zero-order valence-electron chi connectivity index (χ0n) is 12.8. The number of hydrogen-bond acceptors (Lipinski definition) is 4. The normalized spacial score (nSPS) is 10.0. The highest BCUT2D eigenvalue weighted by molar-refractivity contribution is 6.27. The van der Waals surface area contributed by atoms with Crippen LogP contribution in [0.3, 0.4) is 0 Å². The number of pyridine rings is 1. The maximum absolute atomic E-state index is 9.10. The van der Waals surface area contributed by atoms with Crippen LogP contribution in [0.2, 0.25) is 0 Å². The van der Waals surface area contributed by atoms with Crippen molar-refractivity contribution in [1.29, 1.82) is 0 Å². The Kier molecular flexibility index (Phi) is 5.64. The van der Waals surface area contributed by atoms with Gasteiger partial charge in [-0.15, -0.1) is 0 Å². The van der Waals surface area contributed by atoms with Crippen molar-refractivity contribution in [3.8, 4) is 11.1 Å². The van der Waals surface area contributed by atoms with Crippen molar-refractivity contribution < 1.29 is 19.8 Å². The molecule has 0 aliphatic heterocycles. The molecular formula is C17H17N3O4. The number of nitrogens with zero attached hydrogens (tertiary/aromatic N) is 1. The molecule has 124 valence electrons. The highest BCUT2D eigenvalue weighted by Crippen LogP contribution is 2.26. The van der Waals surface area contributed by atoms with Gasteiger partial charge in [-0.3, -0.25) is 4.98 Å².